The molecule has 1 fully saturated rings. The molecule has 1 saturated heterocycles. The number of nitrogens with one attached hydrogen (secondary N) is 2. The van der Waals surface area contributed by atoms with E-state index in [2.05, 4.69) is 10.7 Å². The van der Waals surface area contributed by atoms with Crippen LogP contribution in [0.1, 0.15) is 23.2 Å². The van der Waals surface area contributed by atoms with E-state index in [0.29, 0.717) is 27.9 Å². The normalized spacial score (nSPS) is 13.3. The van der Waals surface area contributed by atoms with E-state index in [-0.39, 0.29) is 30.2 Å². The van der Waals surface area contributed by atoms with Gasteiger partial charge in [0.05, 0.1) is 36.2 Å². The van der Waals surface area contributed by atoms with E-state index in [9.17, 15) is 19.2 Å². The number of halogens is 1. The van der Waals surface area contributed by atoms with Gasteiger partial charge in [-0.2, -0.15) is 0 Å². The number of methoxy groups -OCH3 is 2. The molecule has 32 heavy (non-hydrogen) atoms. The van der Waals surface area contributed by atoms with Crippen LogP contribution in [0, 0.1) is 0 Å². The van der Waals surface area contributed by atoms with E-state index in [1.807, 2.05) is 0 Å². The number of rotatable bonds is 7. The number of hydrogen-bond donors (Lipinski definition) is 2. The topological polar surface area (TPSA) is 123 Å². The molecule has 1 heterocycles. The summed E-state index contributed by atoms with van der Waals surface area (Å²) in [5.41, 5.74) is 3.34. The first kappa shape index (κ1) is 22.9. The third kappa shape index (κ3) is 5.27. The summed E-state index contributed by atoms with van der Waals surface area (Å²) in [5, 5.41) is 4.00. The van der Waals surface area contributed by atoms with Crippen molar-refractivity contribution >= 4 is 46.7 Å². The molecule has 0 atom stereocenters. The highest BCUT2D eigenvalue weighted by Gasteiger charge is 2.24. The number of carbonyl (C=O) groups excluding carboxylic acids is 4. The van der Waals surface area contributed by atoms with Crippen molar-refractivity contribution in [1.29, 1.82) is 0 Å². The van der Waals surface area contributed by atoms with E-state index < -0.39 is 18.5 Å². The zero-order valence-corrected chi connectivity index (χ0v) is 18.0. The van der Waals surface area contributed by atoms with Crippen molar-refractivity contribution in [3.63, 3.8) is 0 Å². The molecule has 2 aromatic rings. The van der Waals surface area contributed by atoms with Crippen molar-refractivity contribution in [2.24, 2.45) is 0 Å². The standard InChI is InChI=1S/C21H20ClN3O7/c1-30-16-10-15(17(31-2)9-14(16)22)23-19(27)11-32-21(29)12-3-5-13(6-4-12)25-20(28)8-7-18(26)24-25/h3-6,9-10H,7-8,11H2,1-2H3,(H,23,27)(H,24,26). The van der Waals surface area contributed by atoms with Crippen molar-refractivity contribution in [2.45, 2.75) is 12.8 Å². The molecule has 2 N–H and O–H groups in total. The van der Waals surface area contributed by atoms with Crippen molar-refractivity contribution in [1.82, 2.24) is 5.43 Å². The number of carbonyl (C=O) groups is 4. The second kappa shape index (κ2) is 10.0. The van der Waals surface area contributed by atoms with Crippen LogP contribution < -0.4 is 25.2 Å². The minimum Gasteiger partial charge on any atom is -0.495 e. The Morgan fingerprint density at radius 3 is 2.41 bits per heavy atom. The van der Waals surface area contributed by atoms with Crippen molar-refractivity contribution in [2.75, 3.05) is 31.2 Å². The first-order valence-electron chi connectivity index (χ1n) is 9.43. The maximum absolute atomic E-state index is 12.3. The summed E-state index contributed by atoms with van der Waals surface area (Å²) in [5.74, 6) is -1.21. The summed E-state index contributed by atoms with van der Waals surface area (Å²) < 4.78 is 15.3. The van der Waals surface area contributed by atoms with E-state index in [1.165, 1.54) is 50.6 Å². The predicted molar refractivity (Wildman–Crippen MR) is 115 cm³/mol. The number of esters is 1. The van der Waals surface area contributed by atoms with Gasteiger partial charge in [0.2, 0.25) is 11.8 Å². The second-order valence-electron chi connectivity index (χ2n) is 6.62. The zero-order valence-electron chi connectivity index (χ0n) is 17.3. The van der Waals surface area contributed by atoms with Gasteiger partial charge in [0, 0.05) is 25.0 Å². The number of hydrazine groups is 1. The van der Waals surface area contributed by atoms with Crippen LogP contribution in [0.15, 0.2) is 36.4 Å². The van der Waals surface area contributed by atoms with Crippen molar-refractivity contribution < 1.29 is 33.4 Å². The number of benzene rings is 2. The third-order valence-corrected chi connectivity index (χ3v) is 4.79. The summed E-state index contributed by atoms with van der Waals surface area (Å²) in [7, 11) is 2.85. The number of amides is 3. The molecule has 10 nitrogen and oxygen atoms in total. The van der Waals surface area contributed by atoms with Gasteiger partial charge in [0.15, 0.2) is 6.61 Å². The Balaban J connectivity index is 1.59. The number of nitrogens with zero attached hydrogens (tertiary/aromatic N) is 1. The zero-order chi connectivity index (χ0) is 23.3. The Labute approximate surface area is 188 Å². The SMILES string of the molecule is COc1cc(NC(=O)COC(=O)c2ccc(N3NC(=O)CCC3=O)cc2)c(OC)cc1Cl. The molecular weight excluding hydrogens is 442 g/mol. The molecule has 168 valence electrons. The van der Waals surface area contributed by atoms with Crippen LogP contribution in [0.4, 0.5) is 11.4 Å². The van der Waals surface area contributed by atoms with Gasteiger partial charge in [-0.3, -0.25) is 19.8 Å². The van der Waals surface area contributed by atoms with E-state index >= 15 is 0 Å². The maximum Gasteiger partial charge on any atom is 0.338 e. The largest absolute Gasteiger partial charge is 0.495 e. The van der Waals surface area contributed by atoms with Gasteiger partial charge in [-0.25, -0.2) is 9.80 Å². The predicted octanol–water partition coefficient (Wildman–Crippen LogP) is 2.31. The monoisotopic (exact) mass is 461 g/mol. The van der Waals surface area contributed by atoms with Crippen molar-refractivity contribution in [3.05, 3.63) is 47.0 Å². The number of ether oxygens (including phenoxy) is 3. The molecule has 0 radical (unpaired) electrons. The van der Waals surface area contributed by atoms with Gasteiger partial charge < -0.3 is 19.5 Å². The summed E-state index contributed by atoms with van der Waals surface area (Å²) >= 11 is 6.03. The minimum absolute atomic E-state index is 0.106. The van der Waals surface area contributed by atoms with Crippen LogP contribution in [0.25, 0.3) is 0 Å². The lowest BCUT2D eigenvalue weighted by Gasteiger charge is -2.27. The fraction of sp³-hybridized carbons (Fsp3) is 0.238. The molecule has 0 bridgehead atoms. The molecule has 11 heteroatoms. The Bertz CT molecular complexity index is 1060. The molecular formula is C21H20ClN3O7. The summed E-state index contributed by atoms with van der Waals surface area (Å²) in [6.45, 7) is -0.546. The van der Waals surface area contributed by atoms with Gasteiger partial charge in [-0.05, 0) is 24.3 Å². The molecule has 1 aliphatic rings. The summed E-state index contributed by atoms with van der Waals surface area (Å²) in [4.78, 5) is 47.9. The average Bonchev–Trinajstić information content (AvgIpc) is 2.80. The quantitative estimate of drug-likeness (QED) is 0.606. The molecule has 3 rings (SSSR count). The van der Waals surface area contributed by atoms with Crippen LogP contribution in [-0.2, 0) is 19.1 Å². The van der Waals surface area contributed by atoms with Crippen LogP contribution in [0.3, 0.4) is 0 Å². The van der Waals surface area contributed by atoms with Gasteiger partial charge in [0.1, 0.15) is 11.5 Å². The van der Waals surface area contributed by atoms with E-state index in [0.717, 1.165) is 5.01 Å². The average molecular weight is 462 g/mol. The molecule has 2 aromatic carbocycles. The highest BCUT2D eigenvalue weighted by molar-refractivity contribution is 6.32. The molecule has 3 amide bonds. The fourth-order valence-electron chi connectivity index (χ4n) is 2.89. The Morgan fingerprint density at radius 2 is 1.75 bits per heavy atom. The van der Waals surface area contributed by atoms with Gasteiger partial charge in [-0.15, -0.1) is 0 Å². The third-order valence-electron chi connectivity index (χ3n) is 4.50. The van der Waals surface area contributed by atoms with Crippen LogP contribution in [-0.4, -0.2) is 44.5 Å². The molecule has 1 aliphatic heterocycles. The molecule has 0 saturated carbocycles. The van der Waals surface area contributed by atoms with Gasteiger partial charge in [-0.1, -0.05) is 11.6 Å². The summed E-state index contributed by atoms with van der Waals surface area (Å²) in [6, 6.07) is 8.81. The lowest BCUT2D eigenvalue weighted by molar-refractivity contribution is -0.130. The van der Waals surface area contributed by atoms with E-state index in [1.54, 1.807) is 0 Å². The summed E-state index contributed by atoms with van der Waals surface area (Å²) in [6.07, 6.45) is 0.242. The van der Waals surface area contributed by atoms with Gasteiger partial charge in [0.25, 0.3) is 5.91 Å². The first-order chi connectivity index (χ1) is 15.3. The lowest BCUT2D eigenvalue weighted by atomic mass is 10.2. The lowest BCUT2D eigenvalue weighted by Crippen LogP contribution is -2.50. The van der Waals surface area contributed by atoms with Gasteiger partial charge >= 0.3 is 5.97 Å². The highest BCUT2D eigenvalue weighted by atomic mass is 35.5. The Morgan fingerprint density at radius 1 is 1.06 bits per heavy atom. The first-order valence-corrected chi connectivity index (χ1v) is 9.81. The fourth-order valence-corrected chi connectivity index (χ4v) is 3.12. The molecule has 0 spiro atoms. The van der Waals surface area contributed by atoms with E-state index in [4.69, 9.17) is 25.8 Å². The molecule has 0 unspecified atom stereocenters. The molecule has 0 aliphatic carbocycles. The number of hydrogen-bond acceptors (Lipinski definition) is 7. The highest BCUT2D eigenvalue weighted by Crippen LogP contribution is 2.35. The van der Waals surface area contributed by atoms with Crippen molar-refractivity contribution in [3.8, 4) is 11.5 Å². The Kier molecular flexibility index (Phi) is 7.16. The second-order valence-corrected chi connectivity index (χ2v) is 7.03. The smallest absolute Gasteiger partial charge is 0.338 e. The van der Waals surface area contributed by atoms with Crippen LogP contribution in [0.5, 0.6) is 11.5 Å². The molecule has 0 aromatic heterocycles. The van der Waals surface area contributed by atoms with Crippen LogP contribution in [0.2, 0.25) is 5.02 Å². The Hall–Kier alpha value is -3.79. The number of anilines is 2. The van der Waals surface area contributed by atoms with Crippen LogP contribution >= 0.6 is 11.6 Å². The minimum atomic E-state index is -0.735. The maximum atomic E-state index is 12.3.